The fraction of sp³-hybridized carbons (Fsp3) is 0.333. The molecule has 1 aromatic heterocycles. The SMILES string of the molecule is Cc1ccc(Cn2nnc(N)c2C)cc1C. The Morgan fingerprint density at radius 1 is 1.19 bits per heavy atom. The molecule has 2 rings (SSSR count). The van der Waals surface area contributed by atoms with Gasteiger partial charge in [0.2, 0.25) is 0 Å². The second-order valence-electron chi connectivity index (χ2n) is 4.14. The Bertz CT molecular complexity index is 514. The molecule has 0 aliphatic rings. The summed E-state index contributed by atoms with van der Waals surface area (Å²) in [5, 5.41) is 7.85. The quantitative estimate of drug-likeness (QED) is 0.833. The number of rotatable bonds is 2. The van der Waals surface area contributed by atoms with Crippen LogP contribution in [0.5, 0.6) is 0 Å². The Morgan fingerprint density at radius 2 is 1.94 bits per heavy atom. The van der Waals surface area contributed by atoms with Crippen molar-refractivity contribution in [3.63, 3.8) is 0 Å². The number of nitrogen functional groups attached to an aromatic ring is 1. The van der Waals surface area contributed by atoms with Gasteiger partial charge in [0.25, 0.3) is 0 Å². The van der Waals surface area contributed by atoms with Gasteiger partial charge in [-0.05, 0) is 37.5 Å². The van der Waals surface area contributed by atoms with Crippen molar-refractivity contribution in [1.29, 1.82) is 0 Å². The van der Waals surface area contributed by atoms with E-state index < -0.39 is 0 Å². The average molecular weight is 216 g/mol. The highest BCUT2D eigenvalue weighted by molar-refractivity contribution is 5.33. The second kappa shape index (κ2) is 3.96. The minimum atomic E-state index is 0.504. The van der Waals surface area contributed by atoms with E-state index in [1.165, 1.54) is 16.7 Å². The van der Waals surface area contributed by atoms with Crippen LogP contribution in [0.3, 0.4) is 0 Å². The number of aryl methyl sites for hydroxylation is 2. The number of nitrogens with two attached hydrogens (primary N) is 1. The number of anilines is 1. The standard InChI is InChI=1S/C12H16N4/c1-8-4-5-11(6-9(8)2)7-16-10(3)12(13)14-15-16/h4-6H,7,13H2,1-3H3. The third-order valence-corrected chi connectivity index (χ3v) is 2.92. The molecule has 0 radical (unpaired) electrons. The highest BCUT2D eigenvalue weighted by atomic mass is 15.4. The van der Waals surface area contributed by atoms with E-state index in [0.717, 1.165) is 12.2 Å². The molecule has 0 saturated heterocycles. The summed E-state index contributed by atoms with van der Waals surface area (Å²) in [4.78, 5) is 0. The molecule has 0 fully saturated rings. The van der Waals surface area contributed by atoms with Crippen LogP contribution in [0, 0.1) is 20.8 Å². The number of nitrogens with zero attached hydrogens (tertiary/aromatic N) is 3. The minimum absolute atomic E-state index is 0.504. The molecular formula is C12H16N4. The lowest BCUT2D eigenvalue weighted by molar-refractivity contribution is 0.633. The summed E-state index contributed by atoms with van der Waals surface area (Å²) in [6.45, 7) is 6.87. The summed E-state index contributed by atoms with van der Waals surface area (Å²) >= 11 is 0. The van der Waals surface area contributed by atoms with Gasteiger partial charge in [0.15, 0.2) is 5.82 Å². The van der Waals surface area contributed by atoms with E-state index in [9.17, 15) is 0 Å². The normalized spacial score (nSPS) is 10.7. The van der Waals surface area contributed by atoms with Gasteiger partial charge in [0.05, 0.1) is 12.2 Å². The first-order valence-electron chi connectivity index (χ1n) is 5.29. The van der Waals surface area contributed by atoms with Crippen molar-refractivity contribution in [2.24, 2.45) is 0 Å². The van der Waals surface area contributed by atoms with Crippen LogP contribution in [0.25, 0.3) is 0 Å². The lowest BCUT2D eigenvalue weighted by atomic mass is 10.1. The second-order valence-corrected chi connectivity index (χ2v) is 4.14. The van der Waals surface area contributed by atoms with Crippen LogP contribution < -0.4 is 5.73 Å². The Hall–Kier alpha value is -1.84. The molecular weight excluding hydrogens is 200 g/mol. The van der Waals surface area contributed by atoms with Gasteiger partial charge in [-0.3, -0.25) is 0 Å². The van der Waals surface area contributed by atoms with Crippen LogP contribution in [0.4, 0.5) is 5.82 Å². The minimum Gasteiger partial charge on any atom is -0.381 e. The van der Waals surface area contributed by atoms with Crippen LogP contribution in [0.1, 0.15) is 22.4 Å². The largest absolute Gasteiger partial charge is 0.381 e. The molecule has 4 nitrogen and oxygen atoms in total. The van der Waals surface area contributed by atoms with E-state index in [2.05, 4.69) is 42.4 Å². The summed E-state index contributed by atoms with van der Waals surface area (Å²) in [5.74, 6) is 0.504. The third-order valence-electron chi connectivity index (χ3n) is 2.92. The van der Waals surface area contributed by atoms with Crippen molar-refractivity contribution in [3.05, 3.63) is 40.6 Å². The van der Waals surface area contributed by atoms with Crippen LogP contribution in [0.15, 0.2) is 18.2 Å². The molecule has 0 spiro atoms. The molecule has 16 heavy (non-hydrogen) atoms. The first kappa shape index (κ1) is 10.7. The zero-order chi connectivity index (χ0) is 11.7. The zero-order valence-corrected chi connectivity index (χ0v) is 9.86. The molecule has 0 bridgehead atoms. The summed E-state index contributed by atoms with van der Waals surface area (Å²) in [5.41, 5.74) is 10.4. The topological polar surface area (TPSA) is 56.7 Å². The predicted octanol–water partition coefficient (Wildman–Crippen LogP) is 1.83. The van der Waals surface area contributed by atoms with Gasteiger partial charge < -0.3 is 5.73 Å². The molecule has 1 aromatic carbocycles. The van der Waals surface area contributed by atoms with Crippen molar-refractivity contribution in [3.8, 4) is 0 Å². The summed E-state index contributed by atoms with van der Waals surface area (Å²) in [6.07, 6.45) is 0. The molecule has 0 saturated carbocycles. The van der Waals surface area contributed by atoms with E-state index in [1.54, 1.807) is 0 Å². The number of benzene rings is 1. The van der Waals surface area contributed by atoms with Crippen LogP contribution in [0.2, 0.25) is 0 Å². The van der Waals surface area contributed by atoms with Gasteiger partial charge in [-0.15, -0.1) is 5.10 Å². The van der Waals surface area contributed by atoms with Crippen LogP contribution >= 0.6 is 0 Å². The molecule has 0 aliphatic carbocycles. The van der Waals surface area contributed by atoms with Crippen LogP contribution in [-0.4, -0.2) is 15.0 Å². The van der Waals surface area contributed by atoms with Crippen molar-refractivity contribution < 1.29 is 0 Å². The zero-order valence-electron chi connectivity index (χ0n) is 9.86. The van der Waals surface area contributed by atoms with Gasteiger partial charge in [0, 0.05) is 0 Å². The highest BCUT2D eigenvalue weighted by Gasteiger charge is 2.05. The maximum absolute atomic E-state index is 5.65. The predicted molar refractivity (Wildman–Crippen MR) is 64.2 cm³/mol. The van der Waals surface area contributed by atoms with Crippen molar-refractivity contribution >= 4 is 5.82 Å². The first-order chi connectivity index (χ1) is 7.58. The van der Waals surface area contributed by atoms with Gasteiger partial charge in [-0.25, -0.2) is 4.68 Å². The van der Waals surface area contributed by atoms with Crippen molar-refractivity contribution in [2.75, 3.05) is 5.73 Å². The molecule has 84 valence electrons. The third kappa shape index (κ3) is 1.91. The molecule has 0 amide bonds. The number of hydrogen-bond donors (Lipinski definition) is 1. The summed E-state index contributed by atoms with van der Waals surface area (Å²) in [6, 6.07) is 6.41. The van der Waals surface area contributed by atoms with Crippen molar-refractivity contribution in [1.82, 2.24) is 15.0 Å². The maximum Gasteiger partial charge on any atom is 0.168 e. The summed E-state index contributed by atoms with van der Waals surface area (Å²) in [7, 11) is 0. The van der Waals surface area contributed by atoms with Crippen molar-refractivity contribution in [2.45, 2.75) is 27.3 Å². The van der Waals surface area contributed by atoms with E-state index >= 15 is 0 Å². The molecule has 2 N–H and O–H groups in total. The number of hydrogen-bond acceptors (Lipinski definition) is 3. The molecule has 0 unspecified atom stereocenters. The van der Waals surface area contributed by atoms with E-state index in [4.69, 9.17) is 5.73 Å². The van der Waals surface area contributed by atoms with Gasteiger partial charge in [0.1, 0.15) is 0 Å². The average Bonchev–Trinajstić information content (AvgIpc) is 2.55. The molecule has 1 heterocycles. The smallest absolute Gasteiger partial charge is 0.168 e. The van der Waals surface area contributed by atoms with E-state index in [-0.39, 0.29) is 0 Å². The Balaban J connectivity index is 2.27. The van der Waals surface area contributed by atoms with E-state index in [1.807, 2.05) is 11.6 Å². The number of aromatic nitrogens is 3. The van der Waals surface area contributed by atoms with Gasteiger partial charge in [-0.1, -0.05) is 23.4 Å². The Labute approximate surface area is 95.1 Å². The van der Waals surface area contributed by atoms with Gasteiger partial charge in [-0.2, -0.15) is 0 Å². The molecule has 2 aromatic rings. The maximum atomic E-state index is 5.65. The lowest BCUT2D eigenvalue weighted by Crippen LogP contribution is -2.04. The van der Waals surface area contributed by atoms with Gasteiger partial charge >= 0.3 is 0 Å². The van der Waals surface area contributed by atoms with E-state index in [0.29, 0.717) is 5.82 Å². The summed E-state index contributed by atoms with van der Waals surface area (Å²) < 4.78 is 1.82. The Morgan fingerprint density at radius 3 is 2.50 bits per heavy atom. The molecule has 0 atom stereocenters. The molecule has 4 heteroatoms. The Kier molecular flexibility index (Phi) is 2.64. The fourth-order valence-electron chi connectivity index (χ4n) is 1.60. The molecule has 0 aliphatic heterocycles. The fourth-order valence-corrected chi connectivity index (χ4v) is 1.60. The lowest BCUT2D eigenvalue weighted by Gasteiger charge is -2.06. The van der Waals surface area contributed by atoms with Crippen LogP contribution in [-0.2, 0) is 6.54 Å². The monoisotopic (exact) mass is 216 g/mol. The first-order valence-corrected chi connectivity index (χ1v) is 5.29. The highest BCUT2D eigenvalue weighted by Crippen LogP contribution is 2.12.